The Morgan fingerprint density at radius 3 is 2.61 bits per heavy atom. The highest BCUT2D eigenvalue weighted by Crippen LogP contribution is 2.20. The van der Waals surface area contributed by atoms with E-state index in [1.807, 2.05) is 25.1 Å². The lowest BCUT2D eigenvalue weighted by atomic mass is 10.2. The molecule has 3 nitrogen and oxygen atoms in total. The van der Waals surface area contributed by atoms with Crippen molar-refractivity contribution in [2.45, 2.75) is 6.92 Å². The molecule has 0 saturated heterocycles. The zero-order valence-electron chi connectivity index (χ0n) is 9.58. The smallest absolute Gasteiger partial charge is 0.274 e. The Labute approximate surface area is 122 Å². The van der Waals surface area contributed by atoms with Gasteiger partial charge in [-0.2, -0.15) is 0 Å². The first-order valence-corrected chi connectivity index (χ1v) is 6.84. The molecule has 92 valence electrons. The molecule has 5 heteroatoms. The molecule has 0 unspecified atom stereocenters. The van der Waals surface area contributed by atoms with Gasteiger partial charge in [0, 0.05) is 20.8 Å². The number of anilines is 1. The maximum atomic E-state index is 11.9. The number of amides is 1. The van der Waals surface area contributed by atoms with Crippen LogP contribution in [0.2, 0.25) is 0 Å². The first kappa shape index (κ1) is 13.2. The fourth-order valence-electron chi connectivity index (χ4n) is 1.43. The molecule has 18 heavy (non-hydrogen) atoms. The van der Waals surface area contributed by atoms with Crippen molar-refractivity contribution in [1.29, 1.82) is 0 Å². The van der Waals surface area contributed by atoms with Crippen molar-refractivity contribution >= 4 is 43.5 Å². The van der Waals surface area contributed by atoms with Crippen LogP contribution >= 0.6 is 31.9 Å². The molecule has 0 fully saturated rings. The topological polar surface area (TPSA) is 42.0 Å². The van der Waals surface area contributed by atoms with E-state index < -0.39 is 0 Å². The Hall–Kier alpha value is -1.20. The van der Waals surface area contributed by atoms with Gasteiger partial charge in [0.05, 0.1) is 0 Å². The van der Waals surface area contributed by atoms with Crippen molar-refractivity contribution in [3.8, 4) is 0 Å². The molecule has 0 aliphatic heterocycles. The van der Waals surface area contributed by atoms with Crippen LogP contribution in [-0.2, 0) is 0 Å². The number of nitrogens with zero attached hydrogens (tertiary/aromatic N) is 1. The second kappa shape index (κ2) is 5.63. The molecule has 1 N–H and O–H groups in total. The Morgan fingerprint density at radius 1 is 1.22 bits per heavy atom. The SMILES string of the molecule is Cc1cc(NC(=O)c2ccc(Br)cn2)ccc1Br. The minimum atomic E-state index is -0.218. The van der Waals surface area contributed by atoms with E-state index in [2.05, 4.69) is 42.2 Å². The van der Waals surface area contributed by atoms with Crippen LogP contribution in [0, 0.1) is 6.92 Å². The Kier molecular flexibility index (Phi) is 4.14. The molecule has 2 aromatic rings. The van der Waals surface area contributed by atoms with Gasteiger partial charge in [0.1, 0.15) is 5.69 Å². The summed E-state index contributed by atoms with van der Waals surface area (Å²) in [6, 6.07) is 9.11. The van der Waals surface area contributed by atoms with Gasteiger partial charge in [0.2, 0.25) is 0 Å². The molecule has 1 amide bonds. The molecule has 0 atom stereocenters. The minimum Gasteiger partial charge on any atom is -0.321 e. The van der Waals surface area contributed by atoms with Gasteiger partial charge in [-0.1, -0.05) is 15.9 Å². The summed E-state index contributed by atoms with van der Waals surface area (Å²) in [5, 5.41) is 2.81. The highest BCUT2D eigenvalue weighted by Gasteiger charge is 2.07. The van der Waals surface area contributed by atoms with Crippen molar-refractivity contribution in [2.75, 3.05) is 5.32 Å². The van der Waals surface area contributed by atoms with Gasteiger partial charge in [-0.15, -0.1) is 0 Å². The lowest BCUT2D eigenvalue weighted by Crippen LogP contribution is -2.13. The van der Waals surface area contributed by atoms with Crippen LogP contribution < -0.4 is 5.32 Å². The van der Waals surface area contributed by atoms with Gasteiger partial charge < -0.3 is 5.32 Å². The zero-order valence-corrected chi connectivity index (χ0v) is 12.7. The van der Waals surface area contributed by atoms with E-state index >= 15 is 0 Å². The Balaban J connectivity index is 2.16. The fraction of sp³-hybridized carbons (Fsp3) is 0.0769. The molecule has 0 radical (unpaired) electrons. The molecular formula is C13H10Br2N2O. The van der Waals surface area contributed by atoms with Crippen molar-refractivity contribution in [3.05, 3.63) is 56.7 Å². The van der Waals surface area contributed by atoms with E-state index in [-0.39, 0.29) is 5.91 Å². The van der Waals surface area contributed by atoms with E-state index in [1.165, 1.54) is 0 Å². The number of hydrogen-bond acceptors (Lipinski definition) is 2. The van der Waals surface area contributed by atoms with Gasteiger partial charge in [0.15, 0.2) is 0 Å². The molecule has 0 bridgehead atoms. The summed E-state index contributed by atoms with van der Waals surface area (Å²) in [5.74, 6) is -0.218. The number of halogens is 2. The van der Waals surface area contributed by atoms with Gasteiger partial charge >= 0.3 is 0 Å². The minimum absolute atomic E-state index is 0.218. The predicted molar refractivity (Wildman–Crippen MR) is 78.8 cm³/mol. The van der Waals surface area contributed by atoms with E-state index in [0.29, 0.717) is 5.69 Å². The molecule has 0 aliphatic rings. The summed E-state index contributed by atoms with van der Waals surface area (Å²) in [7, 11) is 0. The van der Waals surface area contributed by atoms with E-state index in [4.69, 9.17) is 0 Å². The summed E-state index contributed by atoms with van der Waals surface area (Å²) in [6.45, 7) is 1.97. The quantitative estimate of drug-likeness (QED) is 0.863. The van der Waals surface area contributed by atoms with Crippen molar-refractivity contribution < 1.29 is 4.79 Å². The molecular weight excluding hydrogens is 360 g/mol. The number of hydrogen-bond donors (Lipinski definition) is 1. The number of rotatable bonds is 2. The number of pyridine rings is 1. The predicted octanol–water partition coefficient (Wildman–Crippen LogP) is 4.17. The molecule has 0 aliphatic carbocycles. The lowest BCUT2D eigenvalue weighted by molar-refractivity contribution is 0.102. The molecule has 0 saturated carbocycles. The van der Waals surface area contributed by atoms with E-state index in [1.54, 1.807) is 18.3 Å². The number of benzene rings is 1. The van der Waals surface area contributed by atoms with Crippen molar-refractivity contribution in [1.82, 2.24) is 4.98 Å². The lowest BCUT2D eigenvalue weighted by Gasteiger charge is -2.06. The van der Waals surface area contributed by atoms with Crippen LogP contribution in [-0.4, -0.2) is 10.9 Å². The summed E-state index contributed by atoms with van der Waals surface area (Å²) in [6.07, 6.45) is 1.60. The van der Waals surface area contributed by atoms with Gasteiger partial charge in [0.25, 0.3) is 5.91 Å². The third kappa shape index (κ3) is 3.17. The zero-order chi connectivity index (χ0) is 13.1. The maximum Gasteiger partial charge on any atom is 0.274 e. The Bertz CT molecular complexity index is 582. The van der Waals surface area contributed by atoms with Crippen LogP contribution in [0.5, 0.6) is 0 Å². The largest absolute Gasteiger partial charge is 0.321 e. The van der Waals surface area contributed by atoms with Crippen LogP contribution in [0.25, 0.3) is 0 Å². The first-order chi connectivity index (χ1) is 8.56. The third-order valence-electron chi connectivity index (χ3n) is 2.38. The number of aromatic nitrogens is 1. The summed E-state index contributed by atoms with van der Waals surface area (Å²) < 4.78 is 1.86. The number of nitrogens with one attached hydrogen (secondary N) is 1. The average molecular weight is 370 g/mol. The van der Waals surface area contributed by atoms with Crippen molar-refractivity contribution in [3.63, 3.8) is 0 Å². The number of aryl methyl sites for hydroxylation is 1. The van der Waals surface area contributed by atoms with E-state index in [9.17, 15) is 4.79 Å². The fourth-order valence-corrected chi connectivity index (χ4v) is 1.91. The van der Waals surface area contributed by atoms with E-state index in [0.717, 1.165) is 20.2 Å². The van der Waals surface area contributed by atoms with Crippen molar-refractivity contribution in [2.24, 2.45) is 0 Å². The third-order valence-corrected chi connectivity index (χ3v) is 3.73. The molecule has 2 rings (SSSR count). The standard InChI is InChI=1S/C13H10Br2N2O/c1-8-6-10(3-4-11(8)15)17-13(18)12-5-2-9(14)7-16-12/h2-7H,1H3,(H,17,18). The number of carbonyl (C=O) groups is 1. The molecule has 1 aromatic heterocycles. The van der Waals surface area contributed by atoms with Gasteiger partial charge in [-0.25, -0.2) is 4.98 Å². The number of carbonyl (C=O) groups excluding carboxylic acids is 1. The Morgan fingerprint density at radius 2 is 2.00 bits per heavy atom. The monoisotopic (exact) mass is 368 g/mol. The van der Waals surface area contributed by atoms with Crippen LogP contribution in [0.3, 0.4) is 0 Å². The molecule has 1 aromatic carbocycles. The second-order valence-corrected chi connectivity index (χ2v) is 5.55. The van der Waals surface area contributed by atoms with Crippen LogP contribution in [0.1, 0.15) is 16.1 Å². The highest BCUT2D eigenvalue weighted by atomic mass is 79.9. The summed E-state index contributed by atoms with van der Waals surface area (Å²) in [5.41, 5.74) is 2.21. The second-order valence-electron chi connectivity index (χ2n) is 3.78. The molecule has 0 spiro atoms. The maximum absolute atomic E-state index is 11.9. The molecule has 1 heterocycles. The van der Waals surface area contributed by atoms with Gasteiger partial charge in [-0.05, 0) is 58.7 Å². The summed E-state index contributed by atoms with van der Waals surface area (Å²) >= 11 is 6.70. The van der Waals surface area contributed by atoms with Crippen LogP contribution in [0.15, 0.2) is 45.5 Å². The summed E-state index contributed by atoms with van der Waals surface area (Å²) in [4.78, 5) is 16.0. The average Bonchev–Trinajstić information content (AvgIpc) is 2.34. The highest BCUT2D eigenvalue weighted by molar-refractivity contribution is 9.10. The first-order valence-electron chi connectivity index (χ1n) is 5.25. The normalized spacial score (nSPS) is 10.2. The van der Waals surface area contributed by atoms with Crippen LogP contribution in [0.4, 0.5) is 5.69 Å². The van der Waals surface area contributed by atoms with Gasteiger partial charge in [-0.3, -0.25) is 4.79 Å².